The first-order chi connectivity index (χ1) is 7.08. The average Bonchev–Trinajstić information content (AvgIpc) is 2.94. The molecule has 0 saturated heterocycles. The van der Waals surface area contributed by atoms with E-state index in [9.17, 15) is 0 Å². The molecule has 0 spiro atoms. The molecule has 0 heterocycles. The van der Waals surface area contributed by atoms with Gasteiger partial charge in [0, 0.05) is 0 Å². The molecule has 0 radical (unpaired) electrons. The van der Waals surface area contributed by atoms with Crippen molar-refractivity contribution in [3.05, 3.63) is 0 Å². The highest BCUT2D eigenvalue weighted by Crippen LogP contribution is 2.48. The summed E-state index contributed by atoms with van der Waals surface area (Å²) in [5.74, 6) is 5.00. The molecule has 0 heteroatoms. The zero-order chi connectivity index (χ0) is 11.4. The lowest BCUT2D eigenvalue weighted by atomic mass is 9.88. The molecular weight excluding hydrogens is 180 g/mol. The van der Waals surface area contributed by atoms with E-state index in [-0.39, 0.29) is 0 Å². The SMILES string of the molecule is CCC(C)CC1CC1CC(C)C(C)CC. The fraction of sp³-hybridized carbons (Fsp3) is 1.00. The zero-order valence-electron chi connectivity index (χ0n) is 11.4. The van der Waals surface area contributed by atoms with Gasteiger partial charge in [0.2, 0.25) is 0 Å². The second kappa shape index (κ2) is 5.92. The molecule has 1 saturated carbocycles. The molecule has 0 amide bonds. The molecule has 15 heavy (non-hydrogen) atoms. The summed E-state index contributed by atoms with van der Waals surface area (Å²) in [6, 6.07) is 0. The Morgan fingerprint density at radius 2 is 1.47 bits per heavy atom. The van der Waals surface area contributed by atoms with Crippen molar-refractivity contribution >= 4 is 0 Å². The van der Waals surface area contributed by atoms with E-state index in [4.69, 9.17) is 0 Å². The molecule has 0 nitrogen and oxygen atoms in total. The van der Waals surface area contributed by atoms with Crippen molar-refractivity contribution in [2.24, 2.45) is 29.6 Å². The Kier molecular flexibility index (Phi) is 5.15. The van der Waals surface area contributed by atoms with Crippen LogP contribution in [0.3, 0.4) is 0 Å². The minimum Gasteiger partial charge on any atom is -0.0651 e. The van der Waals surface area contributed by atoms with E-state index in [1.54, 1.807) is 0 Å². The van der Waals surface area contributed by atoms with Crippen LogP contribution < -0.4 is 0 Å². The highest BCUT2D eigenvalue weighted by atomic mass is 14.4. The molecule has 0 bridgehead atoms. The summed E-state index contributed by atoms with van der Waals surface area (Å²) in [6.07, 6.45) is 7.24. The van der Waals surface area contributed by atoms with Crippen LogP contribution in [0.1, 0.15) is 66.7 Å². The van der Waals surface area contributed by atoms with E-state index < -0.39 is 0 Å². The molecule has 5 atom stereocenters. The lowest BCUT2D eigenvalue weighted by Crippen LogP contribution is -2.08. The fourth-order valence-corrected chi connectivity index (χ4v) is 2.68. The average molecular weight is 210 g/mol. The van der Waals surface area contributed by atoms with Crippen LogP contribution in [0.25, 0.3) is 0 Å². The molecule has 1 fully saturated rings. The first-order valence-corrected chi connectivity index (χ1v) is 7.08. The molecule has 0 aromatic heterocycles. The number of hydrogen-bond acceptors (Lipinski definition) is 0. The van der Waals surface area contributed by atoms with Crippen molar-refractivity contribution in [2.45, 2.75) is 66.7 Å². The molecule has 1 aliphatic carbocycles. The van der Waals surface area contributed by atoms with E-state index in [1.165, 1.54) is 32.1 Å². The maximum atomic E-state index is 2.45. The van der Waals surface area contributed by atoms with Crippen LogP contribution in [0.5, 0.6) is 0 Å². The Morgan fingerprint density at radius 3 is 2.00 bits per heavy atom. The van der Waals surface area contributed by atoms with Crippen LogP contribution in [-0.2, 0) is 0 Å². The van der Waals surface area contributed by atoms with Gasteiger partial charge in [-0.2, -0.15) is 0 Å². The van der Waals surface area contributed by atoms with Gasteiger partial charge in [0.1, 0.15) is 0 Å². The van der Waals surface area contributed by atoms with E-state index in [0.717, 1.165) is 29.6 Å². The third kappa shape index (κ3) is 4.17. The normalized spacial score (nSPS) is 31.0. The maximum Gasteiger partial charge on any atom is -0.0380 e. The predicted molar refractivity (Wildman–Crippen MR) is 68.9 cm³/mol. The van der Waals surface area contributed by atoms with Crippen LogP contribution in [0.15, 0.2) is 0 Å². The third-order valence-corrected chi connectivity index (χ3v) is 4.76. The minimum atomic E-state index is 0.926. The van der Waals surface area contributed by atoms with Crippen LogP contribution >= 0.6 is 0 Å². The van der Waals surface area contributed by atoms with Crippen molar-refractivity contribution in [3.8, 4) is 0 Å². The summed E-state index contributed by atoms with van der Waals surface area (Å²) in [6.45, 7) is 11.9. The molecule has 0 aliphatic heterocycles. The van der Waals surface area contributed by atoms with E-state index in [2.05, 4.69) is 34.6 Å². The lowest BCUT2D eigenvalue weighted by molar-refractivity contribution is 0.327. The molecule has 1 aliphatic rings. The van der Waals surface area contributed by atoms with E-state index in [0.29, 0.717) is 0 Å². The summed E-state index contributed by atoms with van der Waals surface area (Å²) in [5.41, 5.74) is 0. The van der Waals surface area contributed by atoms with E-state index in [1.807, 2.05) is 0 Å². The number of hydrogen-bond donors (Lipinski definition) is 0. The van der Waals surface area contributed by atoms with Crippen LogP contribution in [0, 0.1) is 29.6 Å². The van der Waals surface area contributed by atoms with Crippen LogP contribution in [0.4, 0.5) is 0 Å². The summed E-state index contributed by atoms with van der Waals surface area (Å²) >= 11 is 0. The smallest absolute Gasteiger partial charge is 0.0380 e. The molecule has 0 N–H and O–H groups in total. The first kappa shape index (κ1) is 13.1. The molecule has 0 aromatic rings. The van der Waals surface area contributed by atoms with Gasteiger partial charge < -0.3 is 0 Å². The quantitative estimate of drug-likeness (QED) is 0.546. The Balaban J connectivity index is 2.15. The standard InChI is InChI=1S/C15H30/c1-6-11(3)8-14-10-15(14)9-13(5)12(4)7-2/h11-15H,6-10H2,1-5H3. The highest BCUT2D eigenvalue weighted by molar-refractivity contribution is 4.88. The van der Waals surface area contributed by atoms with Crippen LogP contribution in [-0.4, -0.2) is 0 Å². The van der Waals surface area contributed by atoms with Crippen molar-refractivity contribution in [3.63, 3.8) is 0 Å². The predicted octanol–water partition coefficient (Wildman–Crippen LogP) is 5.13. The highest BCUT2D eigenvalue weighted by Gasteiger charge is 2.38. The monoisotopic (exact) mass is 210 g/mol. The van der Waals surface area contributed by atoms with Gasteiger partial charge in [-0.15, -0.1) is 0 Å². The summed E-state index contributed by atoms with van der Waals surface area (Å²) in [7, 11) is 0. The van der Waals surface area contributed by atoms with Gasteiger partial charge in [-0.3, -0.25) is 0 Å². The second-order valence-electron chi connectivity index (χ2n) is 6.10. The Hall–Kier alpha value is 0. The van der Waals surface area contributed by atoms with E-state index >= 15 is 0 Å². The molecule has 0 aromatic carbocycles. The van der Waals surface area contributed by atoms with Crippen molar-refractivity contribution in [1.82, 2.24) is 0 Å². The second-order valence-corrected chi connectivity index (χ2v) is 6.10. The Labute approximate surface area is 96.8 Å². The van der Waals surface area contributed by atoms with Crippen molar-refractivity contribution in [2.75, 3.05) is 0 Å². The minimum absolute atomic E-state index is 0.926. The Bertz CT molecular complexity index is 173. The molecule has 90 valence electrons. The molecular formula is C15H30. The molecule has 5 unspecified atom stereocenters. The topological polar surface area (TPSA) is 0 Å². The van der Waals surface area contributed by atoms with Crippen molar-refractivity contribution in [1.29, 1.82) is 0 Å². The largest absolute Gasteiger partial charge is 0.0651 e. The molecule has 1 rings (SSSR count). The van der Waals surface area contributed by atoms with Gasteiger partial charge in [0.15, 0.2) is 0 Å². The van der Waals surface area contributed by atoms with Gasteiger partial charge in [-0.25, -0.2) is 0 Å². The maximum absolute atomic E-state index is 2.45. The zero-order valence-corrected chi connectivity index (χ0v) is 11.4. The van der Waals surface area contributed by atoms with Gasteiger partial charge in [-0.05, 0) is 48.9 Å². The fourth-order valence-electron chi connectivity index (χ4n) is 2.68. The third-order valence-electron chi connectivity index (χ3n) is 4.76. The summed E-state index contributed by atoms with van der Waals surface area (Å²) < 4.78 is 0. The van der Waals surface area contributed by atoms with Gasteiger partial charge >= 0.3 is 0 Å². The summed E-state index contributed by atoms with van der Waals surface area (Å²) in [4.78, 5) is 0. The van der Waals surface area contributed by atoms with Gasteiger partial charge in [-0.1, -0.05) is 47.5 Å². The Morgan fingerprint density at radius 1 is 0.867 bits per heavy atom. The van der Waals surface area contributed by atoms with Gasteiger partial charge in [0.25, 0.3) is 0 Å². The van der Waals surface area contributed by atoms with Crippen LogP contribution in [0.2, 0.25) is 0 Å². The van der Waals surface area contributed by atoms with Gasteiger partial charge in [0.05, 0.1) is 0 Å². The number of rotatable bonds is 7. The summed E-state index contributed by atoms with van der Waals surface area (Å²) in [5, 5.41) is 0. The lowest BCUT2D eigenvalue weighted by Gasteiger charge is -2.18. The van der Waals surface area contributed by atoms with Crippen molar-refractivity contribution < 1.29 is 0 Å². The first-order valence-electron chi connectivity index (χ1n) is 7.08.